The van der Waals surface area contributed by atoms with Crippen LogP contribution in [0.25, 0.3) is 0 Å². The molecule has 1 aliphatic rings. The maximum absolute atomic E-state index is 13.4. The Morgan fingerprint density at radius 3 is 2.75 bits per heavy atom. The fraction of sp³-hybridized carbons (Fsp3) is 0.429. The monoisotopic (exact) mass is 458 g/mol. The van der Waals surface area contributed by atoms with Crippen molar-refractivity contribution in [1.29, 1.82) is 0 Å². The van der Waals surface area contributed by atoms with Gasteiger partial charge in [0.1, 0.15) is 6.54 Å². The molecule has 0 aromatic heterocycles. The molecule has 1 aromatic rings. The largest absolute Gasteiger partial charge is 0.376 e. The minimum atomic E-state index is -1.65. The molecule has 2 rings (SSSR count). The Hall–Kier alpha value is -1.56. The minimum Gasteiger partial charge on any atom is -0.376 e. The van der Waals surface area contributed by atoms with E-state index in [1.807, 2.05) is 0 Å². The summed E-state index contributed by atoms with van der Waals surface area (Å²) in [5.74, 6) is -5.12. The number of ether oxygens (including phenoxy) is 1. The van der Waals surface area contributed by atoms with E-state index < -0.39 is 29.0 Å². The van der Waals surface area contributed by atoms with E-state index in [1.165, 1.54) is 0 Å². The van der Waals surface area contributed by atoms with Crippen LogP contribution in [0.3, 0.4) is 0 Å². The summed E-state index contributed by atoms with van der Waals surface area (Å²) in [6, 6.07) is 1.64. The summed E-state index contributed by atoms with van der Waals surface area (Å²) >= 11 is 0. The van der Waals surface area contributed by atoms with Crippen LogP contribution in [0.1, 0.15) is 12.8 Å². The molecule has 0 radical (unpaired) electrons. The maximum atomic E-state index is 13.4. The molecule has 24 heavy (non-hydrogen) atoms. The van der Waals surface area contributed by atoms with Gasteiger partial charge in [-0.05, 0) is 25.0 Å². The Morgan fingerprint density at radius 1 is 1.33 bits per heavy atom. The highest BCUT2D eigenvalue weighted by Gasteiger charge is 2.16. The van der Waals surface area contributed by atoms with Gasteiger partial charge in [0.15, 0.2) is 23.4 Å². The Labute approximate surface area is 154 Å². The van der Waals surface area contributed by atoms with Crippen molar-refractivity contribution in [3.8, 4) is 0 Å². The number of amides is 1. The number of rotatable bonds is 5. The van der Waals surface area contributed by atoms with E-state index >= 15 is 0 Å². The molecule has 1 saturated heterocycles. The predicted molar refractivity (Wildman–Crippen MR) is 93.8 cm³/mol. The van der Waals surface area contributed by atoms with Crippen molar-refractivity contribution in [2.45, 2.75) is 18.9 Å². The van der Waals surface area contributed by atoms with Crippen LogP contribution in [0.5, 0.6) is 0 Å². The quantitative estimate of drug-likeness (QED) is 0.272. The summed E-state index contributed by atoms with van der Waals surface area (Å²) in [5, 5.41) is 4.91. The van der Waals surface area contributed by atoms with Gasteiger partial charge in [-0.3, -0.25) is 4.79 Å². The number of nitrogens with two attached hydrogens (primary N) is 1. The molecular formula is C14H18F3IN4O2. The molecule has 1 fully saturated rings. The van der Waals surface area contributed by atoms with Crippen molar-refractivity contribution in [2.75, 3.05) is 25.0 Å². The molecule has 1 heterocycles. The van der Waals surface area contributed by atoms with Gasteiger partial charge >= 0.3 is 0 Å². The van der Waals surface area contributed by atoms with Gasteiger partial charge in [0.25, 0.3) is 0 Å². The molecular weight excluding hydrogens is 440 g/mol. The first-order valence-corrected chi connectivity index (χ1v) is 7.06. The summed E-state index contributed by atoms with van der Waals surface area (Å²) in [5.41, 5.74) is 5.12. The van der Waals surface area contributed by atoms with Crippen molar-refractivity contribution in [1.82, 2.24) is 5.32 Å². The number of hydrogen-bond acceptors (Lipinski definition) is 3. The topological polar surface area (TPSA) is 88.7 Å². The number of benzene rings is 1. The van der Waals surface area contributed by atoms with E-state index in [-0.39, 0.29) is 42.6 Å². The number of aliphatic imine (C=N–C) groups is 1. The fourth-order valence-electron chi connectivity index (χ4n) is 2.05. The number of anilines is 1. The minimum absolute atomic E-state index is 0. The van der Waals surface area contributed by atoms with E-state index in [0.717, 1.165) is 25.0 Å². The molecule has 1 aromatic carbocycles. The van der Waals surface area contributed by atoms with Crippen molar-refractivity contribution in [3.05, 3.63) is 29.6 Å². The van der Waals surface area contributed by atoms with E-state index in [9.17, 15) is 18.0 Å². The van der Waals surface area contributed by atoms with Crippen LogP contribution in [0.15, 0.2) is 17.1 Å². The van der Waals surface area contributed by atoms with Crippen LogP contribution in [0, 0.1) is 17.5 Å². The number of nitrogens with one attached hydrogen (secondary N) is 2. The van der Waals surface area contributed by atoms with Gasteiger partial charge in [-0.2, -0.15) is 0 Å². The number of nitrogens with zero attached hydrogens (tertiary/aromatic N) is 1. The van der Waals surface area contributed by atoms with Gasteiger partial charge < -0.3 is 21.1 Å². The molecule has 134 valence electrons. The second kappa shape index (κ2) is 9.67. The Balaban J connectivity index is 0.00000288. The van der Waals surface area contributed by atoms with Crippen LogP contribution in [-0.2, 0) is 9.53 Å². The van der Waals surface area contributed by atoms with Gasteiger partial charge in [0.2, 0.25) is 5.91 Å². The lowest BCUT2D eigenvalue weighted by molar-refractivity contribution is -0.114. The van der Waals surface area contributed by atoms with Gasteiger partial charge in [0, 0.05) is 13.2 Å². The first kappa shape index (κ1) is 20.5. The predicted octanol–water partition coefficient (Wildman–Crippen LogP) is 1.74. The molecule has 1 unspecified atom stereocenters. The first-order chi connectivity index (χ1) is 11.0. The standard InChI is InChI=1S/C14H17F3N4O2.HI/c15-9-3-4-10(13(17)12(9)16)21-11(22)7-20-14(18)19-6-8-2-1-5-23-8;/h3-4,8H,1-2,5-7H2,(H,21,22)(H3,18,19,20);1H. The van der Waals surface area contributed by atoms with Crippen molar-refractivity contribution in [2.24, 2.45) is 10.7 Å². The highest BCUT2D eigenvalue weighted by Crippen LogP contribution is 2.19. The molecule has 1 aliphatic heterocycles. The van der Waals surface area contributed by atoms with Gasteiger partial charge in [-0.1, -0.05) is 0 Å². The van der Waals surface area contributed by atoms with E-state index in [0.29, 0.717) is 13.2 Å². The second-order valence-corrected chi connectivity index (χ2v) is 4.99. The molecule has 1 amide bonds. The van der Waals surface area contributed by atoms with Crippen LogP contribution < -0.4 is 16.4 Å². The van der Waals surface area contributed by atoms with E-state index in [2.05, 4.69) is 15.6 Å². The SMILES string of the molecule is I.NC(=NCC(=O)Nc1ccc(F)c(F)c1F)NCC1CCCO1. The summed E-state index contributed by atoms with van der Waals surface area (Å²) < 4.78 is 44.6. The van der Waals surface area contributed by atoms with Gasteiger partial charge in [0.05, 0.1) is 11.8 Å². The average molecular weight is 458 g/mol. The lowest BCUT2D eigenvalue weighted by Crippen LogP contribution is -2.37. The lowest BCUT2D eigenvalue weighted by Gasteiger charge is -2.11. The summed E-state index contributed by atoms with van der Waals surface area (Å²) in [6.07, 6.45) is 1.98. The lowest BCUT2D eigenvalue weighted by atomic mass is 10.2. The normalized spacial score (nSPS) is 17.3. The van der Waals surface area contributed by atoms with E-state index in [4.69, 9.17) is 10.5 Å². The smallest absolute Gasteiger partial charge is 0.246 e. The summed E-state index contributed by atoms with van der Waals surface area (Å²) in [4.78, 5) is 15.4. The van der Waals surface area contributed by atoms with Crippen LogP contribution in [0.2, 0.25) is 0 Å². The molecule has 6 nitrogen and oxygen atoms in total. The molecule has 0 aliphatic carbocycles. The number of carbonyl (C=O) groups excluding carboxylic acids is 1. The molecule has 10 heteroatoms. The summed E-state index contributed by atoms with van der Waals surface area (Å²) in [7, 11) is 0. The first-order valence-electron chi connectivity index (χ1n) is 7.06. The Kier molecular flexibility index (Phi) is 8.25. The van der Waals surface area contributed by atoms with Crippen LogP contribution in [0.4, 0.5) is 18.9 Å². The fourth-order valence-corrected chi connectivity index (χ4v) is 2.05. The average Bonchev–Trinajstić information content (AvgIpc) is 3.05. The van der Waals surface area contributed by atoms with Crippen molar-refractivity contribution in [3.63, 3.8) is 0 Å². The third-order valence-corrected chi connectivity index (χ3v) is 3.24. The third-order valence-electron chi connectivity index (χ3n) is 3.24. The number of guanidine groups is 1. The Bertz CT molecular complexity index is 610. The van der Waals surface area contributed by atoms with Crippen molar-refractivity contribution < 1.29 is 22.7 Å². The second-order valence-electron chi connectivity index (χ2n) is 4.99. The number of carbonyl (C=O) groups is 1. The molecule has 1 atom stereocenters. The maximum Gasteiger partial charge on any atom is 0.246 e. The third kappa shape index (κ3) is 5.82. The van der Waals surface area contributed by atoms with Crippen molar-refractivity contribution >= 4 is 41.5 Å². The highest BCUT2D eigenvalue weighted by molar-refractivity contribution is 14.0. The zero-order valence-electron chi connectivity index (χ0n) is 12.7. The zero-order valence-corrected chi connectivity index (χ0v) is 15.0. The molecule has 0 saturated carbocycles. The zero-order chi connectivity index (χ0) is 16.8. The number of hydrogen-bond donors (Lipinski definition) is 3. The molecule has 4 N–H and O–H groups in total. The summed E-state index contributed by atoms with van der Waals surface area (Å²) in [6.45, 7) is 0.809. The van der Waals surface area contributed by atoms with Crippen LogP contribution >= 0.6 is 24.0 Å². The Morgan fingerprint density at radius 2 is 2.08 bits per heavy atom. The van der Waals surface area contributed by atoms with Crippen LogP contribution in [-0.4, -0.2) is 37.7 Å². The number of halogens is 4. The van der Waals surface area contributed by atoms with Gasteiger partial charge in [-0.25, -0.2) is 18.2 Å². The highest BCUT2D eigenvalue weighted by atomic mass is 127. The molecule has 0 spiro atoms. The van der Waals surface area contributed by atoms with Gasteiger partial charge in [-0.15, -0.1) is 24.0 Å². The molecule has 0 bridgehead atoms. The van der Waals surface area contributed by atoms with E-state index in [1.54, 1.807) is 0 Å².